The normalized spacial score (nSPS) is 17.5. The molecule has 2 rings (SSSR count). The molecule has 0 fully saturated rings. The third-order valence-electron chi connectivity index (χ3n) is 1.27. The second-order valence-electron chi connectivity index (χ2n) is 2.08. The Morgan fingerprint density at radius 2 is 1.55 bits per heavy atom. The van der Waals surface area contributed by atoms with Crippen molar-refractivity contribution >= 4 is 81.2 Å². The van der Waals surface area contributed by atoms with Crippen LogP contribution in [-0.2, 0) is 0 Å². The molecule has 0 saturated heterocycles. The average Bonchev–Trinajstić information content (AvgIpc) is 2.17. The van der Waals surface area contributed by atoms with Crippen LogP contribution in [-0.4, -0.2) is 74.5 Å². The van der Waals surface area contributed by atoms with Crippen LogP contribution in [0.25, 0.3) is 0 Å². The average molecular weight is 473 g/mol. The minimum atomic E-state index is 0.821. The summed E-state index contributed by atoms with van der Waals surface area (Å²) in [6, 6.07) is 0. The van der Waals surface area contributed by atoms with Crippen LogP contribution in [0, 0.1) is 1.81 Å². The fraction of sp³-hybridized carbons (Fsp3) is 0.500. The van der Waals surface area contributed by atoms with Gasteiger partial charge >= 0.3 is 100 Å². The summed E-state index contributed by atoms with van der Waals surface area (Å²) < 4.78 is 5.65. The maximum absolute atomic E-state index is 3.27. The zero-order valence-electron chi connectivity index (χ0n) is 5.66. The molecule has 0 amide bonds. The van der Waals surface area contributed by atoms with E-state index in [1.807, 2.05) is 6.67 Å². The molecule has 0 radical (unpaired) electrons. The molecule has 1 aromatic rings. The second kappa shape index (κ2) is 4.63. The molecule has 0 bridgehead atoms. The molecular formula is C6H6Se5. The fourth-order valence-corrected chi connectivity index (χ4v) is 24.5. The molecular weight excluding hydrogens is 467 g/mol. The topological polar surface area (TPSA) is 0 Å². The summed E-state index contributed by atoms with van der Waals surface area (Å²) in [5, 5.41) is 3.08. The molecule has 0 saturated carbocycles. The number of rotatable bonds is 0. The molecule has 0 nitrogen and oxygen atoms in total. The predicted octanol–water partition coefficient (Wildman–Crippen LogP) is -1.60. The van der Waals surface area contributed by atoms with Crippen molar-refractivity contribution in [2.24, 2.45) is 0 Å². The third kappa shape index (κ3) is 2.58. The van der Waals surface area contributed by atoms with E-state index in [-0.39, 0.29) is 0 Å². The Balaban J connectivity index is 2.39. The van der Waals surface area contributed by atoms with Crippen molar-refractivity contribution in [3.63, 3.8) is 0 Å². The Hall–Kier alpha value is 2.21. The summed E-state index contributed by atoms with van der Waals surface area (Å²) >= 11 is 6.74. The van der Waals surface area contributed by atoms with Crippen LogP contribution in [0.1, 0.15) is 6.42 Å². The number of hydrogen-bond donors (Lipinski definition) is 0. The van der Waals surface area contributed by atoms with E-state index in [1.165, 1.54) is 6.42 Å². The van der Waals surface area contributed by atoms with E-state index in [9.17, 15) is 0 Å². The van der Waals surface area contributed by atoms with Crippen LogP contribution >= 0.6 is 0 Å². The molecule has 0 atom stereocenters. The van der Waals surface area contributed by atoms with Gasteiger partial charge in [-0.2, -0.15) is 0 Å². The summed E-state index contributed by atoms with van der Waals surface area (Å²) in [7, 11) is 0. The Kier molecular flexibility index (Phi) is 4.10. The van der Waals surface area contributed by atoms with Gasteiger partial charge in [-0.1, -0.05) is 0 Å². The van der Waals surface area contributed by atoms with Crippen molar-refractivity contribution in [3.8, 4) is 0 Å². The summed E-state index contributed by atoms with van der Waals surface area (Å²) in [4.78, 5) is 0. The van der Waals surface area contributed by atoms with Gasteiger partial charge in [-0.3, -0.25) is 0 Å². The van der Waals surface area contributed by atoms with Crippen molar-refractivity contribution in [2.75, 3.05) is 0 Å². The molecule has 0 N–H and O–H groups in total. The number of fused-ring (bicyclic) bond motifs is 1. The van der Waals surface area contributed by atoms with Crippen LogP contribution in [0.3, 0.4) is 0 Å². The van der Waals surface area contributed by atoms with Crippen molar-refractivity contribution in [1.82, 2.24) is 0 Å². The molecule has 1 aromatic heterocycles. The van der Waals surface area contributed by atoms with Gasteiger partial charge in [-0.15, -0.1) is 0 Å². The molecule has 5 heteroatoms. The Morgan fingerprint density at radius 1 is 1.00 bits per heavy atom. The molecule has 11 heavy (non-hydrogen) atoms. The quantitative estimate of drug-likeness (QED) is 0.399. The fourth-order valence-electron chi connectivity index (χ4n) is 0.821. The minimum absolute atomic E-state index is 0.821. The molecule has 1 aliphatic heterocycles. The van der Waals surface area contributed by atoms with E-state index < -0.39 is 0 Å². The molecule has 0 unspecified atom stereocenters. The second-order valence-corrected chi connectivity index (χ2v) is 18.4. The van der Waals surface area contributed by atoms with Crippen molar-refractivity contribution < 1.29 is 0 Å². The predicted molar refractivity (Wildman–Crippen MR) is 54.3 cm³/mol. The first-order chi connectivity index (χ1) is 5.36. The van der Waals surface area contributed by atoms with E-state index in [2.05, 4.69) is 15.6 Å². The van der Waals surface area contributed by atoms with Crippen LogP contribution in [0.15, 0.2) is 0 Å². The Labute approximate surface area is 98.7 Å². The Morgan fingerprint density at radius 3 is 2.09 bits per heavy atom. The van der Waals surface area contributed by atoms with Gasteiger partial charge in [0.2, 0.25) is 0 Å². The van der Waals surface area contributed by atoms with E-state index in [4.69, 9.17) is 0 Å². The number of hydrogen-bond acceptors (Lipinski definition) is 0. The van der Waals surface area contributed by atoms with Crippen LogP contribution < -0.4 is 6.67 Å². The van der Waals surface area contributed by atoms with Gasteiger partial charge in [0.15, 0.2) is 0 Å². The first-order valence-corrected chi connectivity index (χ1v) is 11.7. The SMILES string of the molecule is [Se]=c1[se]c2c([se]1)[Se]CCC[Se]2. The summed E-state index contributed by atoms with van der Waals surface area (Å²) in [5.74, 6) is 0. The van der Waals surface area contributed by atoms with Crippen LogP contribution in [0.2, 0.25) is 10.6 Å². The first kappa shape index (κ1) is 9.75. The van der Waals surface area contributed by atoms with Gasteiger partial charge < -0.3 is 0 Å². The molecule has 60 valence electrons. The molecule has 2 heterocycles. The van der Waals surface area contributed by atoms with Gasteiger partial charge in [0.05, 0.1) is 0 Å². The van der Waals surface area contributed by atoms with Crippen molar-refractivity contribution in [2.45, 2.75) is 17.1 Å². The van der Waals surface area contributed by atoms with Gasteiger partial charge in [-0.25, -0.2) is 0 Å². The summed E-state index contributed by atoms with van der Waals surface area (Å²) in [5.41, 5.74) is 0. The monoisotopic (exact) mass is 478 g/mol. The van der Waals surface area contributed by atoms with Crippen LogP contribution in [0.4, 0.5) is 0 Å². The van der Waals surface area contributed by atoms with E-state index in [0.717, 1.165) is 58.9 Å². The molecule has 0 aliphatic carbocycles. The van der Waals surface area contributed by atoms with Gasteiger partial charge in [0.1, 0.15) is 0 Å². The van der Waals surface area contributed by atoms with Crippen molar-refractivity contribution in [1.29, 1.82) is 0 Å². The zero-order valence-corrected chi connectivity index (χ0v) is 14.2. The van der Waals surface area contributed by atoms with Gasteiger partial charge in [0.25, 0.3) is 0 Å². The maximum atomic E-state index is 3.27. The van der Waals surface area contributed by atoms with Gasteiger partial charge in [0, 0.05) is 0 Å². The van der Waals surface area contributed by atoms with E-state index in [1.54, 1.807) is 12.4 Å². The molecule has 0 aromatic carbocycles. The molecule has 0 spiro atoms. The van der Waals surface area contributed by atoms with Gasteiger partial charge in [-0.05, 0) is 0 Å². The van der Waals surface area contributed by atoms with Crippen LogP contribution in [0.5, 0.6) is 0 Å². The molecule has 1 aliphatic rings. The summed E-state index contributed by atoms with van der Waals surface area (Å²) in [6.07, 6.45) is 1.53. The standard InChI is InChI=1S/C6H6Se5/c7-6-10-4-5(11-6)9-3-1-2-8-4/h1-3H2. The Bertz CT molecular complexity index is 270. The first-order valence-electron chi connectivity index (χ1n) is 3.26. The van der Waals surface area contributed by atoms with Crippen molar-refractivity contribution in [3.05, 3.63) is 1.81 Å². The third-order valence-corrected chi connectivity index (χ3v) is 18.3. The van der Waals surface area contributed by atoms with E-state index in [0.29, 0.717) is 0 Å². The summed E-state index contributed by atoms with van der Waals surface area (Å²) in [6.45, 7) is 0. The zero-order chi connectivity index (χ0) is 7.68. The van der Waals surface area contributed by atoms with E-state index >= 15 is 0 Å².